The van der Waals surface area contributed by atoms with Gasteiger partial charge in [0.1, 0.15) is 5.75 Å². The van der Waals surface area contributed by atoms with Crippen LogP contribution in [0.3, 0.4) is 0 Å². The van der Waals surface area contributed by atoms with Crippen LogP contribution in [0, 0.1) is 16.0 Å². The molecule has 0 spiro atoms. The molecule has 0 aliphatic heterocycles. The summed E-state index contributed by atoms with van der Waals surface area (Å²) in [5.41, 5.74) is 0.546. The third kappa shape index (κ3) is 5.44. The Morgan fingerprint density at radius 2 is 1.92 bits per heavy atom. The summed E-state index contributed by atoms with van der Waals surface area (Å²) in [5.74, 6) is 0.637. The first-order valence-corrected chi connectivity index (χ1v) is 8.29. The van der Waals surface area contributed by atoms with Gasteiger partial charge in [-0.05, 0) is 54.3 Å². The molecule has 2 aromatic carbocycles. The van der Waals surface area contributed by atoms with Gasteiger partial charge in [-0.3, -0.25) is 14.9 Å². The lowest BCUT2D eigenvalue weighted by Gasteiger charge is -2.08. The van der Waals surface area contributed by atoms with Crippen LogP contribution < -0.4 is 4.74 Å². The molecule has 0 saturated carbocycles. The van der Waals surface area contributed by atoms with Gasteiger partial charge in [0.2, 0.25) is 0 Å². The lowest BCUT2D eigenvalue weighted by Crippen LogP contribution is -2.01. The highest BCUT2D eigenvalue weighted by Gasteiger charge is 2.12. The van der Waals surface area contributed by atoms with E-state index in [1.54, 1.807) is 24.3 Å². The largest absolute Gasteiger partial charge is 0.502 e. The number of ketones is 1. The molecule has 136 valence electrons. The highest BCUT2D eigenvalue weighted by Crippen LogP contribution is 2.26. The third-order valence-corrected chi connectivity index (χ3v) is 3.73. The van der Waals surface area contributed by atoms with Crippen LogP contribution in [0.15, 0.2) is 48.5 Å². The number of hydrogen-bond acceptors (Lipinski definition) is 5. The summed E-state index contributed by atoms with van der Waals surface area (Å²) in [6.07, 6.45) is 3.77. The maximum absolute atomic E-state index is 12.2. The standard InChI is InChI=1S/C20H21NO5/c1-14(2)11-12-26-17-7-5-16(6-8-17)19(22)9-3-15-4-10-20(23)18(13-15)21(24)25/h3-10,13-14,23H,11-12H2,1-2H3/b9-3+. The van der Waals surface area contributed by atoms with E-state index < -0.39 is 16.4 Å². The number of aromatic hydroxyl groups is 1. The Morgan fingerprint density at radius 3 is 2.54 bits per heavy atom. The van der Waals surface area contributed by atoms with Gasteiger partial charge in [0, 0.05) is 11.6 Å². The number of ether oxygens (including phenoxy) is 1. The van der Waals surface area contributed by atoms with Crippen LogP contribution in [0.1, 0.15) is 36.2 Å². The minimum atomic E-state index is -0.674. The van der Waals surface area contributed by atoms with E-state index in [4.69, 9.17) is 4.74 Å². The number of hydrogen-bond donors (Lipinski definition) is 1. The molecule has 0 aromatic heterocycles. The summed E-state index contributed by atoms with van der Waals surface area (Å²) in [5, 5.41) is 20.3. The van der Waals surface area contributed by atoms with Gasteiger partial charge in [-0.2, -0.15) is 0 Å². The van der Waals surface area contributed by atoms with Crippen molar-refractivity contribution in [2.45, 2.75) is 20.3 Å². The van der Waals surface area contributed by atoms with E-state index in [0.717, 1.165) is 6.42 Å². The molecule has 2 rings (SSSR count). The van der Waals surface area contributed by atoms with Crippen molar-refractivity contribution < 1.29 is 19.6 Å². The van der Waals surface area contributed by atoms with Crippen LogP contribution in [0.2, 0.25) is 0 Å². The maximum atomic E-state index is 12.2. The van der Waals surface area contributed by atoms with Gasteiger partial charge in [-0.1, -0.05) is 26.0 Å². The van der Waals surface area contributed by atoms with Crippen LogP contribution in [0.4, 0.5) is 5.69 Å². The predicted octanol–water partition coefficient (Wildman–Crippen LogP) is 4.62. The van der Waals surface area contributed by atoms with E-state index in [9.17, 15) is 20.0 Å². The van der Waals surface area contributed by atoms with Crippen LogP contribution in [-0.4, -0.2) is 22.4 Å². The molecule has 0 bridgehead atoms. The molecule has 0 aliphatic rings. The first-order valence-electron chi connectivity index (χ1n) is 8.29. The topological polar surface area (TPSA) is 89.7 Å². The van der Waals surface area contributed by atoms with Gasteiger partial charge < -0.3 is 9.84 Å². The second-order valence-corrected chi connectivity index (χ2v) is 6.26. The molecule has 26 heavy (non-hydrogen) atoms. The van der Waals surface area contributed by atoms with Crippen molar-refractivity contribution in [3.05, 3.63) is 69.8 Å². The smallest absolute Gasteiger partial charge is 0.311 e. The summed E-state index contributed by atoms with van der Waals surface area (Å²) in [6.45, 7) is 4.88. The first-order chi connectivity index (χ1) is 12.4. The van der Waals surface area contributed by atoms with Crippen molar-refractivity contribution in [3.8, 4) is 11.5 Å². The minimum Gasteiger partial charge on any atom is -0.502 e. The molecular weight excluding hydrogens is 334 g/mol. The molecule has 2 aromatic rings. The van der Waals surface area contributed by atoms with Crippen molar-refractivity contribution in [2.24, 2.45) is 5.92 Å². The lowest BCUT2D eigenvalue weighted by atomic mass is 10.1. The molecule has 0 aliphatic carbocycles. The average molecular weight is 355 g/mol. The van der Waals surface area contributed by atoms with Gasteiger partial charge in [0.15, 0.2) is 11.5 Å². The van der Waals surface area contributed by atoms with Gasteiger partial charge >= 0.3 is 5.69 Å². The normalized spacial score (nSPS) is 11.0. The van der Waals surface area contributed by atoms with Crippen LogP contribution in [-0.2, 0) is 0 Å². The highest BCUT2D eigenvalue weighted by molar-refractivity contribution is 6.06. The summed E-state index contributed by atoms with van der Waals surface area (Å²) >= 11 is 0. The number of phenolic OH excluding ortho intramolecular Hbond substituents is 1. The fourth-order valence-corrected chi connectivity index (χ4v) is 2.19. The molecule has 0 saturated heterocycles. The molecule has 0 amide bonds. The van der Waals surface area contributed by atoms with Crippen molar-refractivity contribution in [1.29, 1.82) is 0 Å². The summed E-state index contributed by atoms with van der Waals surface area (Å²) in [6, 6.07) is 10.8. The number of nitrogens with zero attached hydrogens (tertiary/aromatic N) is 1. The van der Waals surface area contributed by atoms with E-state index in [0.29, 0.717) is 29.4 Å². The SMILES string of the molecule is CC(C)CCOc1ccc(C(=O)/C=C/c2ccc(O)c([N+](=O)[O-])c2)cc1. The van der Waals surface area contributed by atoms with E-state index in [-0.39, 0.29) is 5.78 Å². The Balaban J connectivity index is 2.02. The zero-order chi connectivity index (χ0) is 19.1. The van der Waals surface area contributed by atoms with Gasteiger partial charge in [-0.15, -0.1) is 0 Å². The monoisotopic (exact) mass is 355 g/mol. The molecule has 0 atom stereocenters. The lowest BCUT2D eigenvalue weighted by molar-refractivity contribution is -0.385. The summed E-state index contributed by atoms with van der Waals surface area (Å²) < 4.78 is 5.61. The fraction of sp³-hybridized carbons (Fsp3) is 0.250. The number of nitro groups is 1. The number of carbonyl (C=O) groups is 1. The first kappa shape index (κ1) is 19.2. The molecule has 0 unspecified atom stereocenters. The Kier molecular flexibility index (Phi) is 6.49. The van der Waals surface area contributed by atoms with Crippen molar-refractivity contribution in [3.63, 3.8) is 0 Å². The molecule has 1 N–H and O–H groups in total. The molecule has 6 nitrogen and oxygen atoms in total. The second-order valence-electron chi connectivity index (χ2n) is 6.26. The number of phenols is 1. The van der Waals surface area contributed by atoms with E-state index in [1.165, 1.54) is 30.4 Å². The Morgan fingerprint density at radius 1 is 1.23 bits per heavy atom. The summed E-state index contributed by atoms with van der Waals surface area (Å²) in [7, 11) is 0. The van der Waals surface area contributed by atoms with Gasteiger partial charge in [0.05, 0.1) is 11.5 Å². The number of allylic oxidation sites excluding steroid dienone is 1. The van der Waals surface area contributed by atoms with E-state index >= 15 is 0 Å². The second kappa shape index (κ2) is 8.80. The minimum absolute atomic E-state index is 0.227. The van der Waals surface area contributed by atoms with Crippen molar-refractivity contribution in [1.82, 2.24) is 0 Å². The Bertz CT molecular complexity index is 809. The fourth-order valence-electron chi connectivity index (χ4n) is 2.19. The maximum Gasteiger partial charge on any atom is 0.311 e. The van der Waals surface area contributed by atoms with Crippen LogP contribution in [0.25, 0.3) is 6.08 Å². The Hall–Kier alpha value is -3.15. The van der Waals surface area contributed by atoms with E-state index in [1.807, 2.05) is 0 Å². The predicted molar refractivity (Wildman–Crippen MR) is 99.5 cm³/mol. The van der Waals surface area contributed by atoms with Gasteiger partial charge in [-0.25, -0.2) is 0 Å². The van der Waals surface area contributed by atoms with E-state index in [2.05, 4.69) is 13.8 Å². The number of rotatable bonds is 8. The van der Waals surface area contributed by atoms with Crippen LogP contribution in [0.5, 0.6) is 11.5 Å². The molecule has 6 heteroatoms. The number of carbonyl (C=O) groups excluding carboxylic acids is 1. The molecule has 0 fully saturated rings. The third-order valence-electron chi connectivity index (χ3n) is 3.73. The van der Waals surface area contributed by atoms with Crippen molar-refractivity contribution in [2.75, 3.05) is 6.61 Å². The molecule has 0 radical (unpaired) electrons. The number of nitro benzene ring substituents is 1. The average Bonchev–Trinajstić information content (AvgIpc) is 2.60. The molecular formula is C20H21NO5. The zero-order valence-corrected chi connectivity index (χ0v) is 14.7. The zero-order valence-electron chi connectivity index (χ0n) is 14.7. The summed E-state index contributed by atoms with van der Waals surface area (Å²) in [4.78, 5) is 22.4. The van der Waals surface area contributed by atoms with Crippen LogP contribution >= 0.6 is 0 Å². The van der Waals surface area contributed by atoms with Crippen molar-refractivity contribution >= 4 is 17.5 Å². The quantitative estimate of drug-likeness (QED) is 0.323. The number of benzene rings is 2. The van der Waals surface area contributed by atoms with Gasteiger partial charge in [0.25, 0.3) is 0 Å². The Labute approximate surface area is 151 Å². The molecule has 0 heterocycles. The highest BCUT2D eigenvalue weighted by atomic mass is 16.6.